The van der Waals surface area contributed by atoms with E-state index < -0.39 is 0 Å². The lowest BCUT2D eigenvalue weighted by molar-refractivity contribution is 0.621. The highest BCUT2D eigenvalue weighted by Crippen LogP contribution is 2.17. The van der Waals surface area contributed by atoms with Crippen molar-refractivity contribution in [1.82, 2.24) is 20.4 Å². The molecule has 1 aliphatic rings. The molecule has 0 amide bonds. The van der Waals surface area contributed by atoms with Gasteiger partial charge in [0.05, 0.1) is 5.69 Å². The molecule has 4 nitrogen and oxygen atoms in total. The van der Waals surface area contributed by atoms with Gasteiger partial charge in [-0.25, -0.2) is 0 Å². The van der Waals surface area contributed by atoms with Crippen molar-refractivity contribution < 1.29 is 0 Å². The molecular weight excluding hydrogens is 232 g/mol. The monoisotopic (exact) mass is 252 g/mol. The molecule has 2 N–H and O–H groups in total. The topological polar surface area (TPSA) is 41.9 Å². The third kappa shape index (κ3) is 3.43. The number of thiocarbonyl (C=S) groups is 1. The van der Waals surface area contributed by atoms with Crippen LogP contribution in [0.1, 0.15) is 36.9 Å². The molecule has 1 saturated carbocycles. The molecule has 1 heterocycles. The highest BCUT2D eigenvalue weighted by Gasteiger charge is 2.15. The minimum absolute atomic E-state index is 0.574. The molecule has 1 aliphatic carbocycles. The number of rotatable bonds is 3. The SMILES string of the molecule is Cc1nn(C)cc1CNC(=S)NC1CCCC1. The van der Waals surface area contributed by atoms with Crippen LogP contribution in [0.25, 0.3) is 0 Å². The van der Waals surface area contributed by atoms with Crippen molar-refractivity contribution in [3.8, 4) is 0 Å². The number of aromatic nitrogens is 2. The Labute approximate surface area is 108 Å². The Balaban J connectivity index is 1.77. The van der Waals surface area contributed by atoms with Gasteiger partial charge >= 0.3 is 0 Å². The van der Waals surface area contributed by atoms with Crippen molar-refractivity contribution in [3.63, 3.8) is 0 Å². The van der Waals surface area contributed by atoms with E-state index in [2.05, 4.69) is 15.7 Å². The van der Waals surface area contributed by atoms with E-state index in [4.69, 9.17) is 12.2 Å². The van der Waals surface area contributed by atoms with Gasteiger partial charge in [0.2, 0.25) is 0 Å². The maximum Gasteiger partial charge on any atom is 0.166 e. The fraction of sp³-hybridized carbons (Fsp3) is 0.667. The first-order valence-electron chi connectivity index (χ1n) is 6.18. The van der Waals surface area contributed by atoms with Gasteiger partial charge in [0.25, 0.3) is 0 Å². The Morgan fingerprint density at radius 3 is 2.82 bits per heavy atom. The zero-order valence-corrected chi connectivity index (χ0v) is 11.3. The van der Waals surface area contributed by atoms with Gasteiger partial charge in [0.15, 0.2) is 5.11 Å². The molecule has 0 atom stereocenters. The maximum atomic E-state index is 5.29. The van der Waals surface area contributed by atoms with Crippen LogP contribution in [0.5, 0.6) is 0 Å². The number of aryl methyl sites for hydroxylation is 2. The van der Waals surface area contributed by atoms with Gasteiger partial charge in [-0.15, -0.1) is 0 Å². The summed E-state index contributed by atoms with van der Waals surface area (Å²) in [5.74, 6) is 0. The summed E-state index contributed by atoms with van der Waals surface area (Å²) in [7, 11) is 1.94. The van der Waals surface area contributed by atoms with Crippen molar-refractivity contribution in [2.45, 2.75) is 45.2 Å². The first kappa shape index (κ1) is 12.4. The minimum Gasteiger partial charge on any atom is -0.360 e. The highest BCUT2D eigenvalue weighted by molar-refractivity contribution is 7.80. The third-order valence-electron chi connectivity index (χ3n) is 3.24. The lowest BCUT2D eigenvalue weighted by Crippen LogP contribution is -2.40. The average molecular weight is 252 g/mol. The molecule has 1 aromatic heterocycles. The van der Waals surface area contributed by atoms with Gasteiger partial charge in [-0.2, -0.15) is 5.10 Å². The van der Waals surface area contributed by atoms with E-state index in [1.165, 1.54) is 31.2 Å². The number of nitrogens with one attached hydrogen (secondary N) is 2. The Kier molecular flexibility index (Phi) is 3.99. The minimum atomic E-state index is 0.574. The van der Waals surface area contributed by atoms with E-state index >= 15 is 0 Å². The molecular formula is C12H20N4S. The van der Waals surface area contributed by atoms with Gasteiger partial charge in [-0.05, 0) is 32.0 Å². The zero-order valence-electron chi connectivity index (χ0n) is 10.5. The first-order valence-corrected chi connectivity index (χ1v) is 6.59. The Morgan fingerprint density at radius 1 is 1.53 bits per heavy atom. The second kappa shape index (κ2) is 5.49. The van der Waals surface area contributed by atoms with Crippen LogP contribution in [0.3, 0.4) is 0 Å². The van der Waals surface area contributed by atoms with Crippen molar-refractivity contribution in [2.75, 3.05) is 0 Å². The summed E-state index contributed by atoms with van der Waals surface area (Å²) in [6, 6.07) is 0.574. The Hall–Kier alpha value is -1.10. The normalized spacial score (nSPS) is 16.1. The van der Waals surface area contributed by atoms with Crippen LogP contribution >= 0.6 is 12.2 Å². The Morgan fingerprint density at radius 2 is 2.24 bits per heavy atom. The molecule has 1 aromatic rings. The molecule has 94 valence electrons. The summed E-state index contributed by atoms with van der Waals surface area (Å²) >= 11 is 5.29. The van der Waals surface area contributed by atoms with E-state index in [0.29, 0.717) is 6.04 Å². The summed E-state index contributed by atoms with van der Waals surface area (Å²) in [5.41, 5.74) is 2.26. The lowest BCUT2D eigenvalue weighted by atomic mass is 10.2. The fourth-order valence-electron chi connectivity index (χ4n) is 2.30. The van der Waals surface area contributed by atoms with Crippen LogP contribution in [-0.4, -0.2) is 20.9 Å². The molecule has 17 heavy (non-hydrogen) atoms. The van der Waals surface area contributed by atoms with E-state index in [-0.39, 0.29) is 0 Å². The van der Waals surface area contributed by atoms with Crippen LogP contribution in [0.2, 0.25) is 0 Å². The number of nitrogens with zero attached hydrogens (tertiary/aromatic N) is 2. The summed E-state index contributed by atoms with van der Waals surface area (Å²) in [5, 5.41) is 11.7. The molecule has 2 rings (SSSR count). The maximum absolute atomic E-state index is 5.29. The van der Waals surface area contributed by atoms with Crippen molar-refractivity contribution in [2.24, 2.45) is 7.05 Å². The molecule has 0 bridgehead atoms. The third-order valence-corrected chi connectivity index (χ3v) is 3.51. The molecule has 0 aliphatic heterocycles. The van der Waals surface area contributed by atoms with Gasteiger partial charge < -0.3 is 10.6 Å². The zero-order chi connectivity index (χ0) is 12.3. The molecule has 0 aromatic carbocycles. The lowest BCUT2D eigenvalue weighted by Gasteiger charge is -2.15. The number of hydrogen-bond donors (Lipinski definition) is 2. The van der Waals surface area contributed by atoms with E-state index in [1.807, 2.05) is 24.9 Å². The van der Waals surface area contributed by atoms with Gasteiger partial charge in [-0.1, -0.05) is 12.8 Å². The second-order valence-corrected chi connectivity index (χ2v) is 5.13. The summed E-state index contributed by atoms with van der Waals surface area (Å²) < 4.78 is 1.83. The molecule has 5 heteroatoms. The average Bonchev–Trinajstić information content (AvgIpc) is 2.86. The summed E-state index contributed by atoms with van der Waals surface area (Å²) in [6.45, 7) is 2.77. The second-order valence-electron chi connectivity index (χ2n) is 4.72. The van der Waals surface area contributed by atoms with Crippen LogP contribution in [0.4, 0.5) is 0 Å². The molecule has 0 unspecified atom stereocenters. The van der Waals surface area contributed by atoms with Crippen LogP contribution in [0.15, 0.2) is 6.20 Å². The van der Waals surface area contributed by atoms with Crippen molar-refractivity contribution >= 4 is 17.3 Å². The molecule has 0 radical (unpaired) electrons. The van der Waals surface area contributed by atoms with Crippen LogP contribution in [-0.2, 0) is 13.6 Å². The fourth-order valence-corrected chi connectivity index (χ4v) is 2.54. The van der Waals surface area contributed by atoms with Crippen LogP contribution in [0, 0.1) is 6.92 Å². The smallest absolute Gasteiger partial charge is 0.166 e. The predicted octanol–water partition coefficient (Wildman–Crippen LogP) is 1.64. The van der Waals surface area contributed by atoms with Gasteiger partial charge in [-0.3, -0.25) is 4.68 Å². The predicted molar refractivity (Wildman–Crippen MR) is 72.8 cm³/mol. The largest absolute Gasteiger partial charge is 0.360 e. The standard InChI is InChI=1S/C12H20N4S/c1-9-10(8-16(2)15-9)7-13-12(17)14-11-5-3-4-6-11/h8,11H,3-7H2,1-2H3,(H2,13,14,17). The van der Waals surface area contributed by atoms with E-state index in [1.54, 1.807) is 0 Å². The molecule has 0 saturated heterocycles. The van der Waals surface area contributed by atoms with Gasteiger partial charge in [0.1, 0.15) is 0 Å². The quantitative estimate of drug-likeness (QED) is 0.803. The first-order chi connectivity index (χ1) is 8.15. The molecule has 1 fully saturated rings. The van der Waals surface area contributed by atoms with Crippen molar-refractivity contribution in [3.05, 3.63) is 17.5 Å². The van der Waals surface area contributed by atoms with E-state index in [0.717, 1.165) is 17.4 Å². The van der Waals surface area contributed by atoms with Crippen molar-refractivity contribution in [1.29, 1.82) is 0 Å². The van der Waals surface area contributed by atoms with Crippen LogP contribution < -0.4 is 10.6 Å². The van der Waals surface area contributed by atoms with E-state index in [9.17, 15) is 0 Å². The summed E-state index contributed by atoms with van der Waals surface area (Å²) in [4.78, 5) is 0. The Bertz CT molecular complexity index is 393. The number of hydrogen-bond acceptors (Lipinski definition) is 2. The molecule has 0 spiro atoms. The summed E-state index contributed by atoms with van der Waals surface area (Å²) in [6.07, 6.45) is 7.16. The highest BCUT2D eigenvalue weighted by atomic mass is 32.1. The van der Waals surface area contributed by atoms with Gasteiger partial charge in [0, 0.05) is 31.4 Å².